The van der Waals surface area contributed by atoms with Gasteiger partial charge in [-0.2, -0.15) is 0 Å². The molecule has 256 valence electrons. The summed E-state index contributed by atoms with van der Waals surface area (Å²) in [6.07, 6.45) is 6.48. The highest BCUT2D eigenvalue weighted by atomic mass is 16.7. The maximum Gasteiger partial charge on any atom is 0.195 e. The number of hydrogen-bond donors (Lipinski definition) is 2. The average Bonchev–Trinajstić information content (AvgIpc) is 3.07. The first-order valence-corrected chi connectivity index (χ1v) is 16.8. The quantitative estimate of drug-likeness (QED) is 0.0964. The molecule has 1 aliphatic heterocycles. The first-order chi connectivity index (χ1) is 23.1. The zero-order valence-electron chi connectivity index (χ0n) is 29.1. The van der Waals surface area contributed by atoms with Gasteiger partial charge in [0.25, 0.3) is 0 Å². The van der Waals surface area contributed by atoms with Gasteiger partial charge in [0.15, 0.2) is 11.6 Å². The highest BCUT2D eigenvalue weighted by Crippen LogP contribution is 2.41. The summed E-state index contributed by atoms with van der Waals surface area (Å²) in [6.45, 7) is 11.5. The Balaban J connectivity index is 1.86. The van der Waals surface area contributed by atoms with Gasteiger partial charge in [0.2, 0.25) is 0 Å². The van der Waals surface area contributed by atoms with Crippen LogP contribution in [0.3, 0.4) is 0 Å². The molecule has 1 saturated heterocycles. The molecule has 1 aliphatic rings. The highest BCUT2D eigenvalue weighted by molar-refractivity contribution is 6.12. The molecule has 0 unspecified atom stereocenters. The van der Waals surface area contributed by atoms with Crippen molar-refractivity contribution in [3.8, 4) is 11.5 Å². The van der Waals surface area contributed by atoms with Crippen molar-refractivity contribution in [3.05, 3.63) is 123 Å². The van der Waals surface area contributed by atoms with Gasteiger partial charge in [-0.15, -0.1) is 0 Å². The third kappa shape index (κ3) is 9.54. The fourth-order valence-corrected chi connectivity index (χ4v) is 5.98. The van der Waals surface area contributed by atoms with E-state index in [1.165, 1.54) is 0 Å². The van der Waals surface area contributed by atoms with Crippen LogP contribution >= 0.6 is 0 Å². The zero-order chi connectivity index (χ0) is 34.7. The van der Waals surface area contributed by atoms with Gasteiger partial charge in [-0.05, 0) is 63.3 Å². The van der Waals surface area contributed by atoms with E-state index in [1.54, 1.807) is 6.07 Å². The van der Waals surface area contributed by atoms with Crippen LogP contribution in [-0.2, 0) is 29.3 Å². The number of carbonyl (C=O) groups excluding carboxylic acids is 1. The predicted molar refractivity (Wildman–Crippen MR) is 190 cm³/mol. The lowest BCUT2D eigenvalue weighted by molar-refractivity contribution is -0.284. The lowest BCUT2D eigenvalue weighted by atomic mass is 9.89. The SMILES string of the molecule is CC/C=C(\C(=O)c1cc(C=C(C)C)c(OCc2ccccc2)c(CO)c1OCc1ccccc1)[C@H]1C[C@H](/C(=C/CC)CO)OC(C)(C)O1. The number of allylic oxidation sites excluding steroid dienone is 3. The van der Waals surface area contributed by atoms with Crippen LogP contribution in [0.1, 0.15) is 93.4 Å². The Morgan fingerprint density at radius 3 is 1.94 bits per heavy atom. The summed E-state index contributed by atoms with van der Waals surface area (Å²) < 4.78 is 25.5. The van der Waals surface area contributed by atoms with Crippen molar-refractivity contribution in [2.45, 2.75) is 98.6 Å². The molecular formula is C41H50O7. The van der Waals surface area contributed by atoms with Crippen LogP contribution in [0.4, 0.5) is 0 Å². The van der Waals surface area contributed by atoms with Crippen molar-refractivity contribution >= 4 is 11.9 Å². The van der Waals surface area contributed by atoms with E-state index >= 15 is 0 Å². The number of carbonyl (C=O) groups is 1. The molecule has 7 nitrogen and oxygen atoms in total. The van der Waals surface area contributed by atoms with E-state index in [1.807, 2.05) is 120 Å². The second-order valence-corrected chi connectivity index (χ2v) is 12.7. The summed E-state index contributed by atoms with van der Waals surface area (Å²) >= 11 is 0. The first kappa shape index (κ1) is 36.8. The Bertz CT molecular complexity index is 1600. The molecule has 48 heavy (non-hydrogen) atoms. The Morgan fingerprint density at radius 2 is 1.42 bits per heavy atom. The Hall–Kier alpha value is -4.01. The molecule has 2 atom stereocenters. The third-order valence-electron chi connectivity index (χ3n) is 8.03. The fourth-order valence-electron chi connectivity index (χ4n) is 5.98. The summed E-state index contributed by atoms with van der Waals surface area (Å²) in [5.74, 6) is -0.538. The van der Waals surface area contributed by atoms with Crippen molar-refractivity contribution in [2.24, 2.45) is 0 Å². The molecule has 0 aromatic heterocycles. The van der Waals surface area contributed by atoms with E-state index in [0.29, 0.717) is 40.9 Å². The van der Waals surface area contributed by atoms with E-state index in [4.69, 9.17) is 18.9 Å². The maximum atomic E-state index is 14.9. The van der Waals surface area contributed by atoms with Crippen LogP contribution in [-0.4, -0.2) is 40.6 Å². The predicted octanol–water partition coefficient (Wildman–Crippen LogP) is 8.52. The van der Waals surface area contributed by atoms with E-state index in [-0.39, 0.29) is 31.4 Å². The standard InChI is InChI=1S/C41H50O7/c1-7-15-31(24-42)36-23-37(48-41(5,6)47-36)33(16-8-2)38(44)34-22-32(21-28(3)4)39(45-26-29-17-11-9-12-18-29)35(25-43)40(34)46-27-30-19-13-10-14-20-30/h9-22,36-37,42-43H,7-8,23-27H2,1-6H3/b31-15+,33-16-/t36-,37-/m1/s1. The number of aliphatic hydroxyl groups is 2. The minimum absolute atomic E-state index is 0.143. The first-order valence-electron chi connectivity index (χ1n) is 16.8. The molecule has 0 saturated carbocycles. The van der Waals surface area contributed by atoms with Crippen LogP contribution in [0, 0.1) is 0 Å². The Morgan fingerprint density at radius 1 is 0.854 bits per heavy atom. The molecule has 3 aromatic rings. The van der Waals surface area contributed by atoms with Gasteiger partial charge in [0.05, 0.1) is 36.5 Å². The summed E-state index contributed by atoms with van der Waals surface area (Å²) in [7, 11) is 0. The third-order valence-corrected chi connectivity index (χ3v) is 8.03. The number of benzene rings is 3. The number of aliphatic hydroxyl groups excluding tert-OH is 2. The number of ketones is 1. The molecule has 0 bridgehead atoms. The van der Waals surface area contributed by atoms with Gasteiger partial charge in [0.1, 0.15) is 24.7 Å². The van der Waals surface area contributed by atoms with Crippen molar-refractivity contribution in [2.75, 3.05) is 6.61 Å². The second kappa shape index (κ2) is 17.4. The largest absolute Gasteiger partial charge is 0.488 e. The monoisotopic (exact) mass is 654 g/mol. The second-order valence-electron chi connectivity index (χ2n) is 12.7. The highest BCUT2D eigenvalue weighted by Gasteiger charge is 2.40. The van der Waals surface area contributed by atoms with Crippen LogP contribution in [0.15, 0.2) is 95.6 Å². The van der Waals surface area contributed by atoms with Crippen molar-refractivity contribution in [1.82, 2.24) is 0 Å². The lowest BCUT2D eigenvalue weighted by Gasteiger charge is -2.42. The molecule has 0 amide bonds. The summed E-state index contributed by atoms with van der Waals surface area (Å²) in [5, 5.41) is 21.1. The van der Waals surface area contributed by atoms with Crippen molar-refractivity contribution < 1.29 is 34.0 Å². The zero-order valence-corrected chi connectivity index (χ0v) is 29.1. The van der Waals surface area contributed by atoms with Crippen molar-refractivity contribution in [3.63, 3.8) is 0 Å². The minimum Gasteiger partial charge on any atom is -0.488 e. The van der Waals surface area contributed by atoms with Crippen molar-refractivity contribution in [1.29, 1.82) is 0 Å². The molecule has 2 N–H and O–H groups in total. The number of ether oxygens (including phenoxy) is 4. The maximum absolute atomic E-state index is 14.9. The average molecular weight is 655 g/mol. The molecular weight excluding hydrogens is 604 g/mol. The molecule has 3 aromatic carbocycles. The minimum atomic E-state index is -1.01. The number of rotatable bonds is 15. The smallest absolute Gasteiger partial charge is 0.195 e. The molecule has 1 fully saturated rings. The Kier molecular flexibility index (Phi) is 13.4. The number of Topliss-reactive ketones (excluding diaryl/α,β-unsaturated/α-hetero) is 1. The van der Waals surface area contributed by atoms with Gasteiger partial charge in [-0.3, -0.25) is 4.79 Å². The van der Waals surface area contributed by atoms with E-state index in [0.717, 1.165) is 28.7 Å². The topological polar surface area (TPSA) is 94.5 Å². The molecule has 0 radical (unpaired) electrons. The van der Waals surface area contributed by atoms with E-state index in [9.17, 15) is 15.0 Å². The van der Waals surface area contributed by atoms with Gasteiger partial charge in [-0.25, -0.2) is 0 Å². The van der Waals surface area contributed by atoms with Crippen LogP contribution in [0.2, 0.25) is 0 Å². The fraction of sp³-hybridized carbons (Fsp3) is 0.390. The van der Waals surface area contributed by atoms with Gasteiger partial charge in [-0.1, -0.05) is 98.3 Å². The van der Waals surface area contributed by atoms with Gasteiger partial charge in [0, 0.05) is 17.6 Å². The normalized spacial score (nSPS) is 17.9. The molecule has 4 rings (SSSR count). The molecule has 0 spiro atoms. The molecule has 0 aliphatic carbocycles. The van der Waals surface area contributed by atoms with Gasteiger partial charge < -0.3 is 29.2 Å². The van der Waals surface area contributed by atoms with Crippen LogP contribution < -0.4 is 9.47 Å². The Labute approximate surface area is 285 Å². The molecule has 1 heterocycles. The lowest BCUT2D eigenvalue weighted by Crippen LogP contribution is -2.47. The van der Waals surface area contributed by atoms with Crippen LogP contribution in [0.5, 0.6) is 11.5 Å². The number of hydrogen-bond acceptors (Lipinski definition) is 7. The summed E-state index contributed by atoms with van der Waals surface area (Å²) in [5.41, 5.74) is 5.51. The van der Waals surface area contributed by atoms with Crippen LogP contribution in [0.25, 0.3) is 6.08 Å². The summed E-state index contributed by atoms with van der Waals surface area (Å²) in [4.78, 5) is 14.9. The van der Waals surface area contributed by atoms with E-state index in [2.05, 4.69) is 0 Å². The molecule has 7 heteroatoms. The van der Waals surface area contributed by atoms with Gasteiger partial charge >= 0.3 is 0 Å². The van der Waals surface area contributed by atoms with E-state index < -0.39 is 24.6 Å². The summed E-state index contributed by atoms with van der Waals surface area (Å²) in [6, 6.07) is 21.3.